The van der Waals surface area contributed by atoms with Crippen LogP contribution in [0, 0.1) is 0 Å². The van der Waals surface area contributed by atoms with Gasteiger partial charge in [0.05, 0.1) is 23.7 Å². The summed E-state index contributed by atoms with van der Waals surface area (Å²) in [6.07, 6.45) is 3.14. The Kier molecular flexibility index (Phi) is 5.06. The van der Waals surface area contributed by atoms with E-state index in [9.17, 15) is 4.79 Å². The van der Waals surface area contributed by atoms with Crippen molar-refractivity contribution in [1.82, 2.24) is 15.3 Å². The van der Waals surface area contributed by atoms with Gasteiger partial charge in [0, 0.05) is 24.6 Å². The fraction of sp³-hybridized carbons (Fsp3) is 0.357. The lowest BCUT2D eigenvalue weighted by molar-refractivity contribution is -0.123. The third kappa shape index (κ3) is 3.47. The summed E-state index contributed by atoms with van der Waals surface area (Å²) in [5, 5.41) is 6.05. The van der Waals surface area contributed by atoms with Crippen LogP contribution < -0.4 is 10.6 Å². The number of benzene rings is 1. The fourth-order valence-corrected chi connectivity index (χ4v) is 2.29. The summed E-state index contributed by atoms with van der Waals surface area (Å²) in [5.41, 5.74) is 2.27. The van der Waals surface area contributed by atoms with Gasteiger partial charge in [0.1, 0.15) is 6.04 Å². The Hall–Kier alpha value is -1.76. The van der Waals surface area contributed by atoms with Crippen LogP contribution in [0.1, 0.15) is 6.92 Å². The number of nitrogens with one attached hydrogen (secondary N) is 2. The molecule has 1 aliphatic heterocycles. The largest absolute Gasteiger partial charge is 0.375 e. The van der Waals surface area contributed by atoms with Gasteiger partial charge in [0.25, 0.3) is 0 Å². The van der Waals surface area contributed by atoms with Gasteiger partial charge >= 0.3 is 0 Å². The van der Waals surface area contributed by atoms with Crippen LogP contribution in [-0.4, -0.2) is 41.2 Å². The summed E-state index contributed by atoms with van der Waals surface area (Å²) in [5.74, 6) is -0.0968. The maximum atomic E-state index is 12.2. The van der Waals surface area contributed by atoms with Crippen LogP contribution in [0.25, 0.3) is 11.0 Å². The fourth-order valence-electron chi connectivity index (χ4n) is 2.29. The molecule has 0 saturated carbocycles. The molecule has 1 amide bonds. The van der Waals surface area contributed by atoms with Crippen molar-refractivity contribution in [3.8, 4) is 0 Å². The minimum Gasteiger partial charge on any atom is -0.375 e. The van der Waals surface area contributed by atoms with Crippen molar-refractivity contribution in [3.05, 3.63) is 30.6 Å². The van der Waals surface area contributed by atoms with Crippen LogP contribution in [0.2, 0.25) is 0 Å². The summed E-state index contributed by atoms with van der Waals surface area (Å²) in [6, 6.07) is 5.14. The molecule has 0 bridgehead atoms. The number of amides is 1. The molecule has 6 nitrogen and oxygen atoms in total. The van der Waals surface area contributed by atoms with Crippen molar-refractivity contribution in [2.45, 2.75) is 19.1 Å². The van der Waals surface area contributed by atoms with E-state index in [1.54, 1.807) is 12.4 Å². The minimum absolute atomic E-state index is 0. The number of morpholine rings is 1. The van der Waals surface area contributed by atoms with Gasteiger partial charge in [0.2, 0.25) is 5.91 Å². The van der Waals surface area contributed by atoms with Gasteiger partial charge in [0.15, 0.2) is 0 Å². The van der Waals surface area contributed by atoms with E-state index >= 15 is 0 Å². The second-order valence-corrected chi connectivity index (χ2v) is 4.76. The minimum atomic E-state index is -0.332. The van der Waals surface area contributed by atoms with Crippen LogP contribution >= 0.6 is 12.4 Å². The standard InChI is InChI=1S/C14H16N4O2.ClH/c1-9-13(17-6-7-20-9)14(19)18-10-2-3-11-12(8-10)16-5-4-15-11;/h2-5,8-9,13,17H,6-7H2,1H3,(H,18,19);1H/t9-,13+;/m1./s1. The molecule has 2 heterocycles. The molecular weight excluding hydrogens is 292 g/mol. The van der Waals surface area contributed by atoms with E-state index in [-0.39, 0.29) is 30.5 Å². The first-order chi connectivity index (χ1) is 9.74. The zero-order valence-corrected chi connectivity index (χ0v) is 12.4. The quantitative estimate of drug-likeness (QED) is 0.876. The number of hydrogen-bond donors (Lipinski definition) is 2. The number of aromatic nitrogens is 2. The van der Waals surface area contributed by atoms with E-state index < -0.39 is 0 Å². The molecule has 2 atom stereocenters. The number of halogens is 1. The lowest BCUT2D eigenvalue weighted by atomic mass is 10.1. The van der Waals surface area contributed by atoms with Crippen molar-refractivity contribution < 1.29 is 9.53 Å². The van der Waals surface area contributed by atoms with E-state index in [4.69, 9.17) is 4.74 Å². The van der Waals surface area contributed by atoms with Crippen LogP contribution in [0.15, 0.2) is 30.6 Å². The van der Waals surface area contributed by atoms with Gasteiger partial charge in [-0.15, -0.1) is 12.4 Å². The topological polar surface area (TPSA) is 76.1 Å². The van der Waals surface area contributed by atoms with E-state index in [1.807, 2.05) is 25.1 Å². The molecular formula is C14H17ClN4O2. The highest BCUT2D eigenvalue weighted by atomic mass is 35.5. The first-order valence-corrected chi connectivity index (χ1v) is 6.61. The first kappa shape index (κ1) is 15.6. The van der Waals surface area contributed by atoms with Gasteiger partial charge in [-0.3, -0.25) is 14.8 Å². The van der Waals surface area contributed by atoms with E-state index in [0.29, 0.717) is 18.8 Å². The summed E-state index contributed by atoms with van der Waals surface area (Å²) < 4.78 is 5.47. The lowest BCUT2D eigenvalue weighted by Crippen LogP contribution is -2.53. The molecule has 0 aliphatic carbocycles. The predicted molar refractivity (Wildman–Crippen MR) is 82.6 cm³/mol. The van der Waals surface area contributed by atoms with E-state index in [1.165, 1.54) is 0 Å². The van der Waals surface area contributed by atoms with Crippen molar-refractivity contribution in [2.24, 2.45) is 0 Å². The number of anilines is 1. The number of rotatable bonds is 2. The summed E-state index contributed by atoms with van der Waals surface area (Å²) in [4.78, 5) is 20.6. The second kappa shape index (κ2) is 6.80. The van der Waals surface area contributed by atoms with Crippen molar-refractivity contribution in [2.75, 3.05) is 18.5 Å². The van der Waals surface area contributed by atoms with Gasteiger partial charge < -0.3 is 15.4 Å². The third-order valence-electron chi connectivity index (χ3n) is 3.34. The number of hydrogen-bond acceptors (Lipinski definition) is 5. The van der Waals surface area contributed by atoms with Crippen LogP contribution in [0.5, 0.6) is 0 Å². The van der Waals surface area contributed by atoms with Crippen molar-refractivity contribution in [1.29, 1.82) is 0 Å². The molecule has 112 valence electrons. The van der Waals surface area contributed by atoms with E-state index in [0.717, 1.165) is 11.0 Å². The SMILES string of the molecule is C[C@H]1OCCN[C@@H]1C(=O)Nc1ccc2nccnc2c1.Cl. The molecule has 21 heavy (non-hydrogen) atoms. The molecule has 1 fully saturated rings. The summed E-state index contributed by atoms with van der Waals surface area (Å²) >= 11 is 0. The van der Waals surface area contributed by atoms with Crippen LogP contribution in [0.3, 0.4) is 0 Å². The maximum Gasteiger partial charge on any atom is 0.244 e. The molecule has 1 aromatic carbocycles. The molecule has 1 aromatic heterocycles. The smallest absolute Gasteiger partial charge is 0.244 e. The monoisotopic (exact) mass is 308 g/mol. The molecule has 1 aliphatic rings. The highest BCUT2D eigenvalue weighted by Crippen LogP contribution is 2.16. The Morgan fingerprint density at radius 1 is 1.33 bits per heavy atom. The molecule has 2 aromatic rings. The van der Waals surface area contributed by atoms with Gasteiger partial charge in [-0.2, -0.15) is 0 Å². The van der Waals surface area contributed by atoms with Crippen molar-refractivity contribution in [3.63, 3.8) is 0 Å². The highest BCUT2D eigenvalue weighted by molar-refractivity contribution is 5.96. The van der Waals surface area contributed by atoms with Gasteiger partial charge in [-0.1, -0.05) is 0 Å². The number of carbonyl (C=O) groups is 1. The number of nitrogens with zero attached hydrogens (tertiary/aromatic N) is 2. The second-order valence-electron chi connectivity index (χ2n) is 4.76. The van der Waals surface area contributed by atoms with Gasteiger partial charge in [-0.05, 0) is 25.1 Å². The summed E-state index contributed by atoms with van der Waals surface area (Å²) in [6.45, 7) is 3.21. The molecule has 0 spiro atoms. The van der Waals surface area contributed by atoms with E-state index in [2.05, 4.69) is 20.6 Å². The Bertz CT molecular complexity index is 637. The lowest BCUT2D eigenvalue weighted by Gasteiger charge is -2.29. The summed E-state index contributed by atoms with van der Waals surface area (Å²) in [7, 11) is 0. The Balaban J connectivity index is 0.00000161. The first-order valence-electron chi connectivity index (χ1n) is 6.61. The van der Waals surface area contributed by atoms with Gasteiger partial charge in [-0.25, -0.2) is 0 Å². The Morgan fingerprint density at radius 3 is 2.86 bits per heavy atom. The number of ether oxygens (including phenoxy) is 1. The van der Waals surface area contributed by atoms with Crippen molar-refractivity contribution >= 4 is 35.0 Å². The average molecular weight is 309 g/mol. The highest BCUT2D eigenvalue weighted by Gasteiger charge is 2.28. The normalized spacial score (nSPS) is 21.6. The van der Waals surface area contributed by atoms with Crippen LogP contribution in [-0.2, 0) is 9.53 Å². The zero-order valence-electron chi connectivity index (χ0n) is 11.6. The zero-order chi connectivity index (χ0) is 13.9. The number of fused-ring (bicyclic) bond motifs is 1. The molecule has 1 saturated heterocycles. The molecule has 0 radical (unpaired) electrons. The molecule has 7 heteroatoms. The Labute approximate surface area is 128 Å². The maximum absolute atomic E-state index is 12.2. The predicted octanol–water partition coefficient (Wildman–Crippen LogP) is 1.37. The Morgan fingerprint density at radius 2 is 2.10 bits per heavy atom. The molecule has 2 N–H and O–H groups in total. The number of carbonyl (C=O) groups excluding carboxylic acids is 1. The average Bonchev–Trinajstić information content (AvgIpc) is 2.47. The molecule has 0 unspecified atom stereocenters. The molecule has 3 rings (SSSR count). The third-order valence-corrected chi connectivity index (χ3v) is 3.34. The van der Waals surface area contributed by atoms with Crippen LogP contribution in [0.4, 0.5) is 5.69 Å².